The molecule has 0 aliphatic heterocycles. The quantitative estimate of drug-likeness (QED) is 0.820. The van der Waals surface area contributed by atoms with E-state index in [1.54, 1.807) is 6.20 Å². The summed E-state index contributed by atoms with van der Waals surface area (Å²) in [4.78, 5) is 4.36. The van der Waals surface area contributed by atoms with Crippen LogP contribution < -0.4 is 14.8 Å². The molecule has 1 aromatic heterocycles. The Morgan fingerprint density at radius 3 is 2.62 bits per heavy atom. The van der Waals surface area contributed by atoms with Gasteiger partial charge in [-0.25, -0.2) is 4.98 Å². The van der Waals surface area contributed by atoms with Gasteiger partial charge < -0.3 is 14.8 Å². The SMILES string of the molecule is CCOc1ccc(OCC)c(Nc2nccc(C)c2Br)c1. The van der Waals surface area contributed by atoms with Crippen molar-refractivity contribution in [2.24, 2.45) is 0 Å². The summed E-state index contributed by atoms with van der Waals surface area (Å²) in [6, 6.07) is 7.68. The molecule has 1 heterocycles. The number of hydrogen-bond donors (Lipinski definition) is 1. The van der Waals surface area contributed by atoms with Gasteiger partial charge in [-0.05, 0) is 60.5 Å². The van der Waals surface area contributed by atoms with Gasteiger partial charge in [0.2, 0.25) is 0 Å². The van der Waals surface area contributed by atoms with Gasteiger partial charge in [-0.3, -0.25) is 0 Å². The number of rotatable bonds is 6. The third-order valence-corrected chi connectivity index (χ3v) is 3.90. The molecule has 0 bridgehead atoms. The van der Waals surface area contributed by atoms with Crippen molar-refractivity contribution in [2.75, 3.05) is 18.5 Å². The largest absolute Gasteiger partial charge is 0.494 e. The molecule has 0 saturated heterocycles. The molecule has 1 N–H and O–H groups in total. The van der Waals surface area contributed by atoms with Crippen LogP contribution in [0.4, 0.5) is 11.5 Å². The van der Waals surface area contributed by atoms with E-state index in [2.05, 4.69) is 26.2 Å². The van der Waals surface area contributed by atoms with E-state index in [4.69, 9.17) is 9.47 Å². The van der Waals surface area contributed by atoms with Crippen molar-refractivity contribution in [1.29, 1.82) is 0 Å². The third kappa shape index (κ3) is 3.88. The zero-order valence-corrected chi connectivity index (χ0v) is 14.0. The van der Waals surface area contributed by atoms with Gasteiger partial charge in [0.1, 0.15) is 17.3 Å². The summed E-state index contributed by atoms with van der Waals surface area (Å²) in [6.45, 7) is 7.17. The van der Waals surface area contributed by atoms with Crippen LogP contribution in [0.25, 0.3) is 0 Å². The molecule has 2 rings (SSSR count). The number of nitrogens with zero attached hydrogens (tertiary/aromatic N) is 1. The Morgan fingerprint density at radius 2 is 1.90 bits per heavy atom. The van der Waals surface area contributed by atoms with Gasteiger partial charge >= 0.3 is 0 Å². The molecule has 21 heavy (non-hydrogen) atoms. The third-order valence-electron chi connectivity index (χ3n) is 2.90. The smallest absolute Gasteiger partial charge is 0.145 e. The molecule has 1 aromatic carbocycles. The summed E-state index contributed by atoms with van der Waals surface area (Å²) in [5.74, 6) is 2.33. The van der Waals surface area contributed by atoms with Crippen LogP contribution in [-0.4, -0.2) is 18.2 Å². The van der Waals surface area contributed by atoms with Gasteiger partial charge in [-0.2, -0.15) is 0 Å². The average molecular weight is 351 g/mol. The Kier molecular flexibility index (Phi) is 5.44. The first-order valence-corrected chi connectivity index (χ1v) is 7.72. The fraction of sp³-hybridized carbons (Fsp3) is 0.312. The van der Waals surface area contributed by atoms with Crippen molar-refractivity contribution in [3.63, 3.8) is 0 Å². The Balaban J connectivity index is 2.35. The fourth-order valence-corrected chi connectivity index (χ4v) is 2.23. The van der Waals surface area contributed by atoms with Crippen molar-refractivity contribution in [3.05, 3.63) is 40.5 Å². The number of ether oxygens (including phenoxy) is 2. The number of benzene rings is 1. The highest BCUT2D eigenvalue weighted by molar-refractivity contribution is 9.10. The van der Waals surface area contributed by atoms with E-state index in [0.29, 0.717) is 13.2 Å². The van der Waals surface area contributed by atoms with E-state index in [9.17, 15) is 0 Å². The molecule has 4 nitrogen and oxygen atoms in total. The zero-order chi connectivity index (χ0) is 15.2. The summed E-state index contributed by atoms with van der Waals surface area (Å²) in [5, 5.41) is 3.30. The number of halogens is 1. The van der Waals surface area contributed by atoms with Crippen molar-refractivity contribution >= 4 is 27.4 Å². The molecular formula is C16H19BrN2O2. The lowest BCUT2D eigenvalue weighted by molar-refractivity contribution is 0.332. The second-order valence-electron chi connectivity index (χ2n) is 4.44. The number of pyridine rings is 1. The van der Waals surface area contributed by atoms with Crippen LogP contribution in [-0.2, 0) is 0 Å². The Hall–Kier alpha value is -1.75. The number of aryl methyl sites for hydroxylation is 1. The van der Waals surface area contributed by atoms with Crippen molar-refractivity contribution in [2.45, 2.75) is 20.8 Å². The first kappa shape index (κ1) is 15.6. The Bertz CT molecular complexity index is 617. The van der Waals surface area contributed by atoms with Gasteiger partial charge in [0.25, 0.3) is 0 Å². The number of anilines is 2. The lowest BCUT2D eigenvalue weighted by Crippen LogP contribution is -2.01. The van der Waals surface area contributed by atoms with E-state index in [1.165, 1.54) is 0 Å². The van der Waals surface area contributed by atoms with Crippen molar-refractivity contribution in [3.8, 4) is 11.5 Å². The number of hydrogen-bond acceptors (Lipinski definition) is 4. The first-order chi connectivity index (χ1) is 10.2. The highest BCUT2D eigenvalue weighted by Gasteiger charge is 2.10. The molecule has 0 saturated carbocycles. The second kappa shape index (κ2) is 7.31. The maximum absolute atomic E-state index is 5.65. The van der Waals surface area contributed by atoms with Crippen LogP contribution in [0.15, 0.2) is 34.9 Å². The van der Waals surface area contributed by atoms with Gasteiger partial charge in [0, 0.05) is 12.3 Å². The van der Waals surface area contributed by atoms with Crippen LogP contribution in [0.3, 0.4) is 0 Å². The molecule has 112 valence electrons. The number of aromatic nitrogens is 1. The summed E-state index contributed by atoms with van der Waals surface area (Å²) in [7, 11) is 0. The minimum absolute atomic E-state index is 0.602. The summed E-state index contributed by atoms with van der Waals surface area (Å²) in [5.41, 5.74) is 1.95. The predicted octanol–water partition coefficient (Wildman–Crippen LogP) is 4.69. The first-order valence-electron chi connectivity index (χ1n) is 6.93. The number of nitrogens with one attached hydrogen (secondary N) is 1. The summed E-state index contributed by atoms with van der Waals surface area (Å²) in [6.07, 6.45) is 1.77. The van der Waals surface area contributed by atoms with Crippen LogP contribution in [0.1, 0.15) is 19.4 Å². The second-order valence-corrected chi connectivity index (χ2v) is 5.23. The van der Waals surface area contributed by atoms with Crippen LogP contribution in [0, 0.1) is 6.92 Å². The summed E-state index contributed by atoms with van der Waals surface area (Å²) >= 11 is 3.55. The lowest BCUT2D eigenvalue weighted by Gasteiger charge is -2.15. The minimum Gasteiger partial charge on any atom is -0.494 e. The normalized spacial score (nSPS) is 10.3. The van der Waals surface area contributed by atoms with Crippen LogP contribution in [0.2, 0.25) is 0 Å². The van der Waals surface area contributed by atoms with E-state index < -0.39 is 0 Å². The molecule has 0 fully saturated rings. The highest BCUT2D eigenvalue weighted by Crippen LogP contribution is 2.34. The van der Waals surface area contributed by atoms with E-state index in [1.807, 2.05) is 45.0 Å². The molecule has 0 spiro atoms. The molecule has 0 aliphatic carbocycles. The standard InChI is InChI=1S/C16H19BrN2O2/c1-4-20-12-6-7-14(21-5-2)13(10-12)19-16-15(17)11(3)8-9-18-16/h6-10H,4-5H2,1-3H3,(H,18,19). The molecule has 2 aromatic rings. The molecule has 0 radical (unpaired) electrons. The van der Waals surface area contributed by atoms with Gasteiger partial charge in [0.05, 0.1) is 23.4 Å². The Morgan fingerprint density at radius 1 is 1.14 bits per heavy atom. The topological polar surface area (TPSA) is 43.4 Å². The van der Waals surface area contributed by atoms with Crippen molar-refractivity contribution in [1.82, 2.24) is 4.98 Å². The molecule has 0 unspecified atom stereocenters. The zero-order valence-electron chi connectivity index (χ0n) is 12.4. The highest BCUT2D eigenvalue weighted by atomic mass is 79.9. The molecule has 0 aliphatic rings. The molecule has 0 atom stereocenters. The fourth-order valence-electron chi connectivity index (χ4n) is 1.90. The Labute approximate surface area is 133 Å². The maximum Gasteiger partial charge on any atom is 0.145 e. The van der Waals surface area contributed by atoms with Gasteiger partial charge in [-0.15, -0.1) is 0 Å². The average Bonchev–Trinajstić information content (AvgIpc) is 2.47. The maximum atomic E-state index is 5.65. The monoisotopic (exact) mass is 350 g/mol. The summed E-state index contributed by atoms with van der Waals surface area (Å²) < 4.78 is 12.1. The van der Waals surface area contributed by atoms with Gasteiger partial charge in [0.15, 0.2) is 0 Å². The van der Waals surface area contributed by atoms with Gasteiger partial charge in [-0.1, -0.05) is 0 Å². The van der Waals surface area contributed by atoms with E-state index in [0.717, 1.165) is 33.0 Å². The predicted molar refractivity (Wildman–Crippen MR) is 88.7 cm³/mol. The molecule has 5 heteroatoms. The van der Waals surface area contributed by atoms with Crippen LogP contribution >= 0.6 is 15.9 Å². The van der Waals surface area contributed by atoms with Crippen molar-refractivity contribution < 1.29 is 9.47 Å². The molecule has 0 amide bonds. The van der Waals surface area contributed by atoms with E-state index >= 15 is 0 Å². The minimum atomic E-state index is 0.602. The lowest BCUT2D eigenvalue weighted by atomic mass is 10.2. The van der Waals surface area contributed by atoms with E-state index in [-0.39, 0.29) is 0 Å². The van der Waals surface area contributed by atoms with Crippen LogP contribution in [0.5, 0.6) is 11.5 Å². The molecular weight excluding hydrogens is 332 g/mol.